The lowest BCUT2D eigenvalue weighted by Crippen LogP contribution is -2.31. The normalized spacial score (nSPS) is 15.8. The number of carbonyl (C=O) groups excluding carboxylic acids is 2. The number of thiazole rings is 1. The number of amides is 1. The van der Waals surface area contributed by atoms with Crippen molar-refractivity contribution < 1.29 is 23.8 Å². The number of ketones is 1. The first-order valence-corrected chi connectivity index (χ1v) is 11.8. The van der Waals surface area contributed by atoms with E-state index in [4.69, 9.17) is 9.15 Å². The van der Waals surface area contributed by atoms with Gasteiger partial charge in [0.15, 0.2) is 16.7 Å². The third-order valence-electron chi connectivity index (χ3n) is 5.70. The Labute approximate surface area is 205 Å². The number of rotatable bonds is 7. The van der Waals surface area contributed by atoms with E-state index in [1.54, 1.807) is 43.3 Å². The highest BCUT2D eigenvalue weighted by Crippen LogP contribution is 2.44. The summed E-state index contributed by atoms with van der Waals surface area (Å²) in [5, 5.41) is 11.3. The number of aromatic nitrogens is 1. The van der Waals surface area contributed by atoms with Crippen LogP contribution in [0.15, 0.2) is 83.0 Å². The van der Waals surface area contributed by atoms with Gasteiger partial charge in [-0.25, -0.2) is 4.98 Å². The Hall–Kier alpha value is -4.17. The van der Waals surface area contributed by atoms with E-state index >= 15 is 0 Å². The minimum Gasteiger partial charge on any atom is -0.503 e. The maximum absolute atomic E-state index is 13.5. The zero-order chi connectivity index (χ0) is 24.7. The van der Waals surface area contributed by atoms with Gasteiger partial charge >= 0.3 is 0 Å². The third kappa shape index (κ3) is 4.02. The fraction of sp³-hybridized carbons (Fsp3) is 0.148. The van der Waals surface area contributed by atoms with Crippen LogP contribution in [-0.2, 0) is 4.79 Å². The molecule has 0 aliphatic carbocycles. The molecule has 1 amide bonds. The molecule has 1 atom stereocenters. The van der Waals surface area contributed by atoms with Crippen LogP contribution in [-0.4, -0.2) is 28.4 Å². The number of furan rings is 1. The van der Waals surface area contributed by atoms with E-state index < -0.39 is 23.5 Å². The second kappa shape index (κ2) is 8.88. The van der Waals surface area contributed by atoms with Gasteiger partial charge in [0.2, 0.25) is 5.78 Å². The lowest BCUT2D eigenvalue weighted by Gasteiger charge is -2.24. The number of aryl methyl sites for hydroxylation is 2. The Kier molecular flexibility index (Phi) is 5.74. The molecule has 35 heavy (non-hydrogen) atoms. The summed E-state index contributed by atoms with van der Waals surface area (Å²) in [4.78, 5) is 32.9. The molecule has 0 spiro atoms. The summed E-state index contributed by atoms with van der Waals surface area (Å²) in [6.45, 7) is 7.66. The number of nitrogens with zero attached hydrogens (tertiary/aromatic N) is 2. The summed E-state index contributed by atoms with van der Waals surface area (Å²) < 4.78 is 12.1. The quantitative estimate of drug-likeness (QED) is 0.260. The molecule has 0 fully saturated rings. The van der Waals surface area contributed by atoms with Gasteiger partial charge < -0.3 is 14.3 Å². The lowest BCUT2D eigenvalue weighted by atomic mass is 9.95. The van der Waals surface area contributed by atoms with E-state index in [-0.39, 0.29) is 11.3 Å². The molecule has 0 saturated heterocycles. The molecule has 4 aromatic rings. The second-order valence-corrected chi connectivity index (χ2v) is 9.23. The Morgan fingerprint density at radius 3 is 2.80 bits per heavy atom. The van der Waals surface area contributed by atoms with Crippen LogP contribution in [0.1, 0.15) is 33.5 Å². The zero-order valence-electron chi connectivity index (χ0n) is 19.1. The van der Waals surface area contributed by atoms with Gasteiger partial charge in [0.1, 0.15) is 18.1 Å². The molecular formula is C27H22N2O5S. The number of benzene rings is 2. The van der Waals surface area contributed by atoms with Crippen LogP contribution in [0.5, 0.6) is 5.75 Å². The molecule has 7 nitrogen and oxygen atoms in total. The lowest BCUT2D eigenvalue weighted by molar-refractivity contribution is -0.117. The molecule has 0 unspecified atom stereocenters. The van der Waals surface area contributed by atoms with Crippen molar-refractivity contribution in [2.75, 3.05) is 11.5 Å². The van der Waals surface area contributed by atoms with Gasteiger partial charge in [0, 0.05) is 0 Å². The molecule has 1 aliphatic rings. The monoisotopic (exact) mass is 486 g/mol. The molecule has 2 aromatic carbocycles. The van der Waals surface area contributed by atoms with Gasteiger partial charge in [0.05, 0.1) is 21.8 Å². The number of Topliss-reactive ketones (excluding diaryl/α,β-unsaturated/α-hetero) is 1. The Morgan fingerprint density at radius 1 is 1.23 bits per heavy atom. The molecule has 2 aromatic heterocycles. The standard InChI is InChI=1S/C27H22N2O5S/c1-4-12-33-18-7-5-6-17(14-18)23-22(24(30)20-11-9-16(3)34-20)25(31)26(32)29(23)27-28-19-10-8-15(2)13-21(19)35-27/h4-11,13-14,23,31H,1,12H2,2-3H3/t23-/m0/s1. The van der Waals surface area contributed by atoms with Gasteiger partial charge in [0.25, 0.3) is 5.91 Å². The molecule has 5 rings (SSSR count). The van der Waals surface area contributed by atoms with Crippen molar-refractivity contribution in [1.82, 2.24) is 4.98 Å². The smallest absolute Gasteiger partial charge is 0.296 e. The van der Waals surface area contributed by atoms with Crippen LogP contribution in [0, 0.1) is 13.8 Å². The number of aliphatic hydroxyl groups is 1. The molecule has 0 radical (unpaired) electrons. The Morgan fingerprint density at radius 2 is 2.06 bits per heavy atom. The van der Waals surface area contributed by atoms with Crippen LogP contribution in [0.3, 0.4) is 0 Å². The number of hydrogen-bond acceptors (Lipinski definition) is 7. The van der Waals surface area contributed by atoms with Crippen molar-refractivity contribution >= 4 is 38.4 Å². The molecule has 176 valence electrons. The Balaban J connectivity index is 1.66. The van der Waals surface area contributed by atoms with E-state index in [0.29, 0.717) is 28.8 Å². The summed E-state index contributed by atoms with van der Waals surface area (Å²) in [7, 11) is 0. The van der Waals surface area contributed by atoms with Gasteiger partial charge in [-0.15, -0.1) is 0 Å². The number of fused-ring (bicyclic) bond motifs is 1. The molecule has 1 aliphatic heterocycles. The minimum absolute atomic E-state index is 0.0442. The molecule has 0 saturated carbocycles. The second-order valence-electron chi connectivity index (χ2n) is 8.22. The Bertz CT molecular complexity index is 1510. The maximum Gasteiger partial charge on any atom is 0.296 e. The van der Waals surface area contributed by atoms with Crippen molar-refractivity contribution in [2.45, 2.75) is 19.9 Å². The predicted octanol–water partition coefficient (Wildman–Crippen LogP) is 5.85. The van der Waals surface area contributed by atoms with E-state index in [1.807, 2.05) is 25.1 Å². The van der Waals surface area contributed by atoms with Crippen LogP contribution in [0.2, 0.25) is 0 Å². The summed E-state index contributed by atoms with van der Waals surface area (Å²) in [6, 6.07) is 15.2. The summed E-state index contributed by atoms with van der Waals surface area (Å²) >= 11 is 1.32. The van der Waals surface area contributed by atoms with Gasteiger partial charge in [-0.05, 0) is 61.4 Å². The van der Waals surface area contributed by atoms with Crippen LogP contribution in [0.4, 0.5) is 5.13 Å². The van der Waals surface area contributed by atoms with E-state index in [2.05, 4.69) is 11.6 Å². The maximum atomic E-state index is 13.5. The van der Waals surface area contributed by atoms with E-state index in [0.717, 1.165) is 15.8 Å². The molecule has 1 N–H and O–H groups in total. The minimum atomic E-state index is -0.922. The fourth-order valence-corrected chi connectivity index (χ4v) is 5.18. The van der Waals surface area contributed by atoms with E-state index in [9.17, 15) is 14.7 Å². The van der Waals surface area contributed by atoms with Gasteiger partial charge in [-0.2, -0.15) is 0 Å². The number of anilines is 1. The first-order chi connectivity index (χ1) is 16.9. The predicted molar refractivity (Wildman–Crippen MR) is 134 cm³/mol. The first-order valence-electron chi connectivity index (χ1n) is 11.0. The highest BCUT2D eigenvalue weighted by atomic mass is 32.1. The average Bonchev–Trinajstić information content (AvgIpc) is 3.53. The number of hydrogen-bond donors (Lipinski definition) is 1. The molecular weight excluding hydrogens is 464 g/mol. The van der Waals surface area contributed by atoms with Gasteiger partial charge in [-0.1, -0.05) is 42.2 Å². The van der Waals surface area contributed by atoms with Crippen LogP contribution in [0.25, 0.3) is 10.2 Å². The number of carbonyl (C=O) groups is 2. The third-order valence-corrected chi connectivity index (χ3v) is 6.71. The topological polar surface area (TPSA) is 92.9 Å². The van der Waals surface area contributed by atoms with Crippen molar-refractivity contribution in [3.63, 3.8) is 0 Å². The summed E-state index contributed by atoms with van der Waals surface area (Å²) in [5.41, 5.74) is 2.31. The highest BCUT2D eigenvalue weighted by Gasteiger charge is 2.46. The average molecular weight is 487 g/mol. The molecule has 8 heteroatoms. The molecule has 3 heterocycles. The highest BCUT2D eigenvalue weighted by molar-refractivity contribution is 7.22. The van der Waals surface area contributed by atoms with Crippen molar-refractivity contribution in [2.24, 2.45) is 0 Å². The molecule has 0 bridgehead atoms. The van der Waals surface area contributed by atoms with Crippen molar-refractivity contribution in [3.8, 4) is 5.75 Å². The fourth-order valence-electron chi connectivity index (χ4n) is 4.09. The summed E-state index contributed by atoms with van der Waals surface area (Å²) in [5.74, 6) is -0.750. The van der Waals surface area contributed by atoms with Crippen LogP contribution >= 0.6 is 11.3 Å². The van der Waals surface area contributed by atoms with Crippen molar-refractivity contribution in [3.05, 3.63) is 101 Å². The van der Waals surface area contributed by atoms with E-state index in [1.165, 1.54) is 22.3 Å². The SMILES string of the molecule is C=CCOc1cccc([C@H]2C(C(=O)c3ccc(C)o3)=C(O)C(=O)N2c2nc3ccc(C)cc3s2)c1. The first kappa shape index (κ1) is 22.6. The number of ether oxygens (including phenoxy) is 1. The number of aliphatic hydroxyl groups excluding tert-OH is 1. The van der Waals surface area contributed by atoms with Crippen LogP contribution < -0.4 is 9.64 Å². The van der Waals surface area contributed by atoms with Gasteiger partial charge in [-0.3, -0.25) is 14.5 Å². The largest absolute Gasteiger partial charge is 0.503 e. The summed E-state index contributed by atoms with van der Waals surface area (Å²) in [6.07, 6.45) is 1.63. The zero-order valence-corrected chi connectivity index (χ0v) is 20.0. The van der Waals surface area contributed by atoms with Crippen molar-refractivity contribution in [1.29, 1.82) is 0 Å².